The number of nitrogens with zero attached hydrogens (tertiary/aromatic N) is 5. The third kappa shape index (κ3) is 3.91. The van der Waals surface area contributed by atoms with Crippen molar-refractivity contribution in [3.63, 3.8) is 0 Å². The van der Waals surface area contributed by atoms with Crippen LogP contribution in [0.3, 0.4) is 0 Å². The molecule has 0 radical (unpaired) electrons. The second-order valence-corrected chi connectivity index (χ2v) is 7.38. The highest BCUT2D eigenvalue weighted by Gasteiger charge is 2.48. The molecule has 2 atom stereocenters. The molecule has 2 aliphatic rings. The van der Waals surface area contributed by atoms with Gasteiger partial charge in [-0.25, -0.2) is 0 Å². The predicted octanol–water partition coefficient (Wildman–Crippen LogP) is 1.26. The van der Waals surface area contributed by atoms with Crippen molar-refractivity contribution in [2.45, 2.75) is 44.0 Å². The van der Waals surface area contributed by atoms with Gasteiger partial charge in [0.2, 0.25) is 5.91 Å². The molecule has 4 rings (SSSR count). The maximum absolute atomic E-state index is 13.2. The Morgan fingerprint density at radius 1 is 1.32 bits per heavy atom. The number of pyridine rings is 1. The van der Waals surface area contributed by atoms with Gasteiger partial charge in [-0.3, -0.25) is 19.3 Å². The number of hydrogen-bond donors (Lipinski definition) is 0. The first-order valence-corrected chi connectivity index (χ1v) is 9.70. The Morgan fingerprint density at radius 3 is 2.86 bits per heavy atom. The minimum absolute atomic E-state index is 0.0508. The van der Waals surface area contributed by atoms with E-state index in [-0.39, 0.29) is 24.5 Å². The fraction of sp³-hybridized carbons (Fsp3) is 0.500. The molecule has 0 spiro atoms. The summed E-state index contributed by atoms with van der Waals surface area (Å²) in [6.07, 6.45) is 9.09. The molecular weight excluding hydrogens is 358 g/mol. The van der Waals surface area contributed by atoms with Gasteiger partial charge in [-0.1, -0.05) is 6.07 Å². The van der Waals surface area contributed by atoms with E-state index in [4.69, 9.17) is 4.74 Å². The molecular formula is C20H25N5O3. The van der Waals surface area contributed by atoms with Crippen molar-refractivity contribution in [1.29, 1.82) is 0 Å². The molecule has 3 heterocycles. The molecule has 1 saturated carbocycles. The Morgan fingerprint density at radius 2 is 2.18 bits per heavy atom. The van der Waals surface area contributed by atoms with E-state index in [2.05, 4.69) is 10.1 Å². The minimum atomic E-state index is -0.711. The molecule has 1 aliphatic heterocycles. The van der Waals surface area contributed by atoms with Crippen molar-refractivity contribution < 1.29 is 14.3 Å². The van der Waals surface area contributed by atoms with Crippen LogP contribution in [0.1, 0.15) is 30.9 Å². The first kappa shape index (κ1) is 18.6. The van der Waals surface area contributed by atoms with Crippen LogP contribution in [-0.2, 0) is 20.9 Å². The quantitative estimate of drug-likeness (QED) is 0.719. The van der Waals surface area contributed by atoms with Gasteiger partial charge in [-0.15, -0.1) is 0 Å². The third-order valence-corrected chi connectivity index (χ3v) is 5.29. The summed E-state index contributed by atoms with van der Waals surface area (Å²) in [5.74, 6) is -0.158. The number of likely N-dealkylation sites (N-methyl/N-ethyl adjacent to an activating group) is 1. The Labute approximate surface area is 164 Å². The van der Waals surface area contributed by atoms with Crippen LogP contribution in [0.2, 0.25) is 0 Å². The first-order chi connectivity index (χ1) is 13.6. The van der Waals surface area contributed by atoms with E-state index in [9.17, 15) is 9.59 Å². The zero-order chi connectivity index (χ0) is 19.5. The van der Waals surface area contributed by atoms with Gasteiger partial charge in [0.05, 0.1) is 6.04 Å². The van der Waals surface area contributed by atoms with Crippen molar-refractivity contribution in [2.24, 2.45) is 0 Å². The lowest BCUT2D eigenvalue weighted by molar-refractivity contribution is -0.169. The molecule has 2 aromatic rings. The van der Waals surface area contributed by atoms with Crippen molar-refractivity contribution in [3.05, 3.63) is 48.5 Å². The standard InChI is InChI=1S/C20H25N5O3/c1-23(10-4-12-24-11-3-9-22-24)20(27)19-18(15-5-2-8-21-13-15)25(16-6-7-16)17(26)14-28-19/h2-3,5,8-9,11,13,16,18-19H,4,6-7,10,12,14H2,1H3/t18-,19+/m1/s1. The maximum Gasteiger partial charge on any atom is 0.253 e. The van der Waals surface area contributed by atoms with Crippen LogP contribution in [0.25, 0.3) is 0 Å². The molecule has 8 nitrogen and oxygen atoms in total. The number of carbonyl (C=O) groups is 2. The monoisotopic (exact) mass is 383 g/mol. The number of morpholine rings is 1. The molecule has 2 aromatic heterocycles. The lowest BCUT2D eigenvalue weighted by Crippen LogP contribution is -2.55. The molecule has 8 heteroatoms. The van der Waals surface area contributed by atoms with Crippen LogP contribution < -0.4 is 0 Å². The summed E-state index contributed by atoms with van der Waals surface area (Å²) < 4.78 is 7.62. The van der Waals surface area contributed by atoms with Crippen LogP contribution in [0.4, 0.5) is 0 Å². The van der Waals surface area contributed by atoms with Gasteiger partial charge >= 0.3 is 0 Å². The van der Waals surface area contributed by atoms with Gasteiger partial charge in [0.15, 0.2) is 6.10 Å². The molecule has 1 aliphatic carbocycles. The molecule has 1 saturated heterocycles. The van der Waals surface area contributed by atoms with Gasteiger partial charge in [-0.05, 0) is 37.0 Å². The minimum Gasteiger partial charge on any atom is -0.356 e. The number of aromatic nitrogens is 3. The summed E-state index contributed by atoms with van der Waals surface area (Å²) in [5, 5.41) is 4.18. The molecule has 2 fully saturated rings. The number of rotatable bonds is 7. The lowest BCUT2D eigenvalue weighted by Gasteiger charge is -2.41. The highest BCUT2D eigenvalue weighted by atomic mass is 16.5. The Bertz CT molecular complexity index is 807. The largest absolute Gasteiger partial charge is 0.356 e. The smallest absolute Gasteiger partial charge is 0.253 e. The lowest BCUT2D eigenvalue weighted by atomic mass is 9.98. The molecule has 28 heavy (non-hydrogen) atoms. The molecule has 0 bridgehead atoms. The normalized spacial score (nSPS) is 22.3. The van der Waals surface area contributed by atoms with Crippen molar-refractivity contribution in [1.82, 2.24) is 24.6 Å². The summed E-state index contributed by atoms with van der Waals surface area (Å²) in [6, 6.07) is 5.39. The summed E-state index contributed by atoms with van der Waals surface area (Å²) in [6.45, 7) is 1.29. The number of aryl methyl sites for hydroxylation is 1. The van der Waals surface area contributed by atoms with E-state index in [0.717, 1.165) is 31.4 Å². The molecule has 2 amide bonds. The zero-order valence-corrected chi connectivity index (χ0v) is 16.0. The van der Waals surface area contributed by atoms with Crippen LogP contribution >= 0.6 is 0 Å². The highest BCUT2D eigenvalue weighted by molar-refractivity contribution is 5.86. The highest BCUT2D eigenvalue weighted by Crippen LogP contribution is 2.39. The van der Waals surface area contributed by atoms with E-state index < -0.39 is 12.1 Å². The summed E-state index contributed by atoms with van der Waals surface area (Å²) in [7, 11) is 1.78. The topological polar surface area (TPSA) is 80.6 Å². The van der Waals surface area contributed by atoms with Crippen LogP contribution in [0, 0.1) is 0 Å². The molecule has 148 valence electrons. The van der Waals surface area contributed by atoms with Crippen molar-refractivity contribution in [2.75, 3.05) is 20.2 Å². The van der Waals surface area contributed by atoms with Crippen LogP contribution in [0.15, 0.2) is 43.0 Å². The van der Waals surface area contributed by atoms with Gasteiger partial charge in [-0.2, -0.15) is 5.10 Å². The molecule has 0 N–H and O–H groups in total. The first-order valence-electron chi connectivity index (χ1n) is 9.70. The fourth-order valence-electron chi connectivity index (χ4n) is 3.73. The summed E-state index contributed by atoms with van der Waals surface area (Å²) in [5.41, 5.74) is 0.839. The summed E-state index contributed by atoms with van der Waals surface area (Å²) in [4.78, 5) is 33.5. The molecule has 0 unspecified atom stereocenters. The average molecular weight is 383 g/mol. The van der Waals surface area contributed by atoms with Gasteiger partial charge in [0.25, 0.3) is 5.91 Å². The van der Waals surface area contributed by atoms with Gasteiger partial charge in [0, 0.05) is 51.0 Å². The number of amides is 2. The van der Waals surface area contributed by atoms with Gasteiger partial charge < -0.3 is 14.5 Å². The summed E-state index contributed by atoms with van der Waals surface area (Å²) >= 11 is 0. The Kier molecular flexibility index (Phi) is 5.38. The van der Waals surface area contributed by atoms with Crippen molar-refractivity contribution >= 4 is 11.8 Å². The predicted molar refractivity (Wildman–Crippen MR) is 101 cm³/mol. The number of ether oxygens (including phenoxy) is 1. The second kappa shape index (κ2) is 8.10. The van der Waals surface area contributed by atoms with E-state index in [0.29, 0.717) is 6.54 Å². The molecule has 0 aromatic carbocycles. The third-order valence-electron chi connectivity index (χ3n) is 5.29. The van der Waals surface area contributed by atoms with E-state index >= 15 is 0 Å². The van der Waals surface area contributed by atoms with Crippen molar-refractivity contribution in [3.8, 4) is 0 Å². The average Bonchev–Trinajstić information content (AvgIpc) is 3.42. The number of carbonyl (C=O) groups excluding carboxylic acids is 2. The maximum atomic E-state index is 13.2. The van der Waals surface area contributed by atoms with E-state index in [1.165, 1.54) is 0 Å². The van der Waals surface area contributed by atoms with Crippen LogP contribution in [0.5, 0.6) is 0 Å². The number of hydrogen-bond acceptors (Lipinski definition) is 5. The van der Waals surface area contributed by atoms with Gasteiger partial charge in [0.1, 0.15) is 6.61 Å². The fourth-order valence-corrected chi connectivity index (χ4v) is 3.73. The Hall–Kier alpha value is -2.74. The zero-order valence-electron chi connectivity index (χ0n) is 16.0. The SMILES string of the molecule is CN(CCCn1cccn1)C(=O)[C@H]1OCC(=O)N(C2CC2)[C@@H]1c1cccnc1. The second-order valence-electron chi connectivity index (χ2n) is 7.38. The van der Waals surface area contributed by atoms with Crippen LogP contribution in [-0.4, -0.2) is 68.7 Å². The Balaban J connectivity index is 1.48. The van der Waals surface area contributed by atoms with E-state index in [1.807, 2.05) is 34.0 Å². The van der Waals surface area contributed by atoms with E-state index in [1.54, 1.807) is 30.5 Å².